The van der Waals surface area contributed by atoms with Crippen LogP contribution in [-0.4, -0.2) is 50.6 Å². The molecule has 2 aromatic carbocycles. The number of hydrogen-bond acceptors (Lipinski definition) is 5. The molecule has 1 saturated heterocycles. The van der Waals surface area contributed by atoms with E-state index in [1.54, 1.807) is 49.6 Å². The summed E-state index contributed by atoms with van der Waals surface area (Å²) in [4.78, 5) is 27.2. The number of rotatable bonds is 7. The van der Waals surface area contributed by atoms with Gasteiger partial charge in [0.25, 0.3) is 11.8 Å². The van der Waals surface area contributed by atoms with Gasteiger partial charge in [-0.2, -0.15) is 0 Å². The smallest absolute Gasteiger partial charge is 0.260 e. The molecule has 1 fully saturated rings. The Labute approximate surface area is 176 Å². The lowest BCUT2D eigenvalue weighted by Crippen LogP contribution is -2.35. The summed E-state index contributed by atoms with van der Waals surface area (Å²) in [7, 11) is 3.09. The minimum Gasteiger partial charge on any atom is -0.497 e. The van der Waals surface area contributed by atoms with Gasteiger partial charge in [0.1, 0.15) is 17.2 Å². The van der Waals surface area contributed by atoms with E-state index in [-0.39, 0.29) is 18.4 Å². The van der Waals surface area contributed by atoms with E-state index in [9.17, 15) is 9.59 Å². The van der Waals surface area contributed by atoms with Crippen molar-refractivity contribution in [1.29, 1.82) is 0 Å². The van der Waals surface area contributed by atoms with E-state index in [0.717, 1.165) is 38.8 Å². The van der Waals surface area contributed by atoms with Gasteiger partial charge in [-0.05, 0) is 37.1 Å². The number of likely N-dealkylation sites (tertiary alicyclic amines) is 1. The zero-order valence-corrected chi connectivity index (χ0v) is 17.5. The van der Waals surface area contributed by atoms with Crippen molar-refractivity contribution >= 4 is 17.5 Å². The molecule has 7 heteroatoms. The number of carbonyl (C=O) groups is 2. The van der Waals surface area contributed by atoms with E-state index in [1.165, 1.54) is 7.11 Å². The summed E-state index contributed by atoms with van der Waals surface area (Å²) < 4.78 is 16.3. The van der Waals surface area contributed by atoms with Crippen molar-refractivity contribution in [1.82, 2.24) is 4.90 Å². The summed E-state index contributed by atoms with van der Waals surface area (Å²) in [6.45, 7) is 1.44. The maximum atomic E-state index is 12.9. The third-order valence-electron chi connectivity index (χ3n) is 5.10. The summed E-state index contributed by atoms with van der Waals surface area (Å²) in [5.41, 5.74) is 0.859. The molecule has 7 nitrogen and oxygen atoms in total. The SMILES string of the molecule is COc1ccc(NC(=O)c2ccccc2OCC(=O)N2CCCCCC2)c(OC)c1. The second-order valence-corrected chi connectivity index (χ2v) is 7.10. The molecule has 1 N–H and O–H groups in total. The molecular weight excluding hydrogens is 384 g/mol. The highest BCUT2D eigenvalue weighted by atomic mass is 16.5. The number of benzene rings is 2. The molecule has 0 bridgehead atoms. The zero-order chi connectivity index (χ0) is 21.3. The Morgan fingerprint density at radius 2 is 1.67 bits per heavy atom. The molecule has 1 heterocycles. The van der Waals surface area contributed by atoms with E-state index in [1.807, 2.05) is 4.90 Å². The maximum Gasteiger partial charge on any atom is 0.260 e. The molecule has 0 radical (unpaired) electrons. The van der Waals surface area contributed by atoms with Gasteiger partial charge in [-0.25, -0.2) is 0 Å². The van der Waals surface area contributed by atoms with Crippen LogP contribution in [0.5, 0.6) is 17.2 Å². The number of nitrogens with one attached hydrogen (secondary N) is 1. The standard InChI is InChI=1S/C23H28N2O5/c1-28-17-11-12-19(21(15-17)29-2)24-23(27)18-9-5-6-10-20(18)30-16-22(26)25-13-7-3-4-8-14-25/h5-6,9-12,15H,3-4,7-8,13-14,16H2,1-2H3,(H,24,27). The van der Waals surface area contributed by atoms with Crippen LogP contribution in [0.4, 0.5) is 5.69 Å². The van der Waals surface area contributed by atoms with Crippen LogP contribution in [0.15, 0.2) is 42.5 Å². The molecule has 30 heavy (non-hydrogen) atoms. The second-order valence-electron chi connectivity index (χ2n) is 7.10. The number of methoxy groups -OCH3 is 2. The lowest BCUT2D eigenvalue weighted by Gasteiger charge is -2.20. The molecule has 0 unspecified atom stereocenters. The second kappa shape index (κ2) is 10.5. The molecule has 0 saturated carbocycles. The lowest BCUT2D eigenvalue weighted by molar-refractivity contribution is -0.133. The summed E-state index contributed by atoms with van der Waals surface area (Å²) in [6.07, 6.45) is 4.35. The zero-order valence-electron chi connectivity index (χ0n) is 17.5. The fraction of sp³-hybridized carbons (Fsp3) is 0.391. The Kier molecular flexibility index (Phi) is 7.54. The van der Waals surface area contributed by atoms with Crippen LogP contribution in [-0.2, 0) is 4.79 Å². The summed E-state index contributed by atoms with van der Waals surface area (Å²) in [6, 6.07) is 12.0. The van der Waals surface area contributed by atoms with Crippen molar-refractivity contribution in [2.75, 3.05) is 39.2 Å². The van der Waals surface area contributed by atoms with E-state index < -0.39 is 0 Å². The van der Waals surface area contributed by atoms with Crippen LogP contribution in [0.2, 0.25) is 0 Å². The highest BCUT2D eigenvalue weighted by Gasteiger charge is 2.19. The fourth-order valence-corrected chi connectivity index (χ4v) is 3.42. The van der Waals surface area contributed by atoms with Crippen molar-refractivity contribution in [2.45, 2.75) is 25.7 Å². The monoisotopic (exact) mass is 412 g/mol. The van der Waals surface area contributed by atoms with Crippen LogP contribution in [0.1, 0.15) is 36.0 Å². The Morgan fingerprint density at radius 1 is 0.933 bits per heavy atom. The highest BCUT2D eigenvalue weighted by Crippen LogP contribution is 2.30. The van der Waals surface area contributed by atoms with Crippen molar-refractivity contribution in [3.8, 4) is 17.2 Å². The molecule has 3 rings (SSSR count). The Balaban J connectivity index is 1.68. The van der Waals surface area contributed by atoms with Crippen LogP contribution >= 0.6 is 0 Å². The van der Waals surface area contributed by atoms with Crippen LogP contribution in [0, 0.1) is 0 Å². The first-order chi connectivity index (χ1) is 14.6. The molecule has 2 amide bonds. The Bertz CT molecular complexity index is 876. The average molecular weight is 412 g/mol. The van der Waals surface area contributed by atoms with E-state index in [4.69, 9.17) is 14.2 Å². The van der Waals surface area contributed by atoms with Gasteiger partial charge in [0.15, 0.2) is 6.61 Å². The van der Waals surface area contributed by atoms with Gasteiger partial charge in [-0.3, -0.25) is 9.59 Å². The number of amides is 2. The van der Waals surface area contributed by atoms with Gasteiger partial charge in [0.05, 0.1) is 25.5 Å². The molecule has 1 aliphatic heterocycles. The minimum atomic E-state index is -0.351. The van der Waals surface area contributed by atoms with Crippen molar-refractivity contribution in [3.63, 3.8) is 0 Å². The summed E-state index contributed by atoms with van der Waals surface area (Å²) in [5.74, 6) is 1.07. The molecule has 0 atom stereocenters. The average Bonchev–Trinajstić information content (AvgIpc) is 3.07. The number of hydrogen-bond donors (Lipinski definition) is 1. The minimum absolute atomic E-state index is 0.0519. The molecule has 0 aliphatic carbocycles. The van der Waals surface area contributed by atoms with Gasteiger partial charge >= 0.3 is 0 Å². The van der Waals surface area contributed by atoms with E-state index in [0.29, 0.717) is 28.5 Å². The number of carbonyl (C=O) groups excluding carboxylic acids is 2. The first-order valence-corrected chi connectivity index (χ1v) is 10.2. The summed E-state index contributed by atoms with van der Waals surface area (Å²) >= 11 is 0. The van der Waals surface area contributed by atoms with E-state index in [2.05, 4.69) is 5.32 Å². The van der Waals surface area contributed by atoms with Crippen molar-refractivity contribution in [2.24, 2.45) is 0 Å². The highest BCUT2D eigenvalue weighted by molar-refractivity contribution is 6.07. The van der Waals surface area contributed by atoms with Gasteiger partial charge in [0.2, 0.25) is 0 Å². The van der Waals surface area contributed by atoms with Crippen molar-refractivity contribution in [3.05, 3.63) is 48.0 Å². The predicted octanol–water partition coefficient (Wildman–Crippen LogP) is 3.74. The van der Waals surface area contributed by atoms with Gasteiger partial charge in [-0.15, -0.1) is 0 Å². The molecular formula is C23H28N2O5. The third-order valence-corrected chi connectivity index (χ3v) is 5.10. The molecule has 1 aliphatic rings. The summed E-state index contributed by atoms with van der Waals surface area (Å²) in [5, 5.41) is 2.83. The quantitative estimate of drug-likeness (QED) is 0.750. The van der Waals surface area contributed by atoms with Gasteiger partial charge < -0.3 is 24.4 Å². The third kappa shape index (κ3) is 5.43. The first-order valence-electron chi connectivity index (χ1n) is 10.2. The molecule has 0 spiro atoms. The molecule has 0 aromatic heterocycles. The van der Waals surface area contributed by atoms with Gasteiger partial charge in [0, 0.05) is 19.2 Å². The van der Waals surface area contributed by atoms with Gasteiger partial charge in [-0.1, -0.05) is 25.0 Å². The number of anilines is 1. The number of para-hydroxylation sites is 1. The van der Waals surface area contributed by atoms with Crippen LogP contribution in [0.25, 0.3) is 0 Å². The van der Waals surface area contributed by atoms with Crippen molar-refractivity contribution < 1.29 is 23.8 Å². The molecule has 2 aromatic rings. The normalized spacial score (nSPS) is 13.9. The molecule has 160 valence electrons. The van der Waals surface area contributed by atoms with E-state index >= 15 is 0 Å². The maximum absolute atomic E-state index is 12.9. The first kappa shape index (κ1) is 21.5. The van der Waals surface area contributed by atoms with Crippen LogP contribution < -0.4 is 19.5 Å². The fourth-order valence-electron chi connectivity index (χ4n) is 3.42. The number of ether oxygens (including phenoxy) is 3. The Morgan fingerprint density at radius 3 is 2.37 bits per heavy atom. The largest absolute Gasteiger partial charge is 0.497 e. The topological polar surface area (TPSA) is 77.1 Å². The Hall–Kier alpha value is -3.22. The van der Waals surface area contributed by atoms with Crippen LogP contribution in [0.3, 0.4) is 0 Å². The number of nitrogens with zero attached hydrogens (tertiary/aromatic N) is 1. The predicted molar refractivity (Wildman–Crippen MR) is 114 cm³/mol. The lowest BCUT2D eigenvalue weighted by atomic mass is 10.1.